The Morgan fingerprint density at radius 3 is 2.79 bits per heavy atom. The number of benzene rings is 1. The molecule has 0 aliphatic heterocycles. The largest absolute Gasteiger partial charge is 0.493 e. The minimum atomic E-state index is -0.0698. The minimum absolute atomic E-state index is 0.0698. The van der Waals surface area contributed by atoms with Crippen LogP contribution in [-0.2, 0) is 4.79 Å². The number of hydrogen-bond acceptors (Lipinski definition) is 2. The monoisotopic (exact) mass is 261 g/mol. The second-order valence-electron chi connectivity index (χ2n) is 4.54. The van der Waals surface area contributed by atoms with Gasteiger partial charge in [0.1, 0.15) is 5.75 Å². The third kappa shape index (κ3) is 5.60. The van der Waals surface area contributed by atoms with Crippen molar-refractivity contribution in [3.05, 3.63) is 35.9 Å². The SMILES string of the molecule is CCCOc1ccccc1/C=C/C(=O)NC(C)CC. The van der Waals surface area contributed by atoms with E-state index in [2.05, 4.69) is 12.2 Å². The average Bonchev–Trinajstić information content (AvgIpc) is 2.43. The van der Waals surface area contributed by atoms with Gasteiger partial charge in [-0.2, -0.15) is 0 Å². The van der Waals surface area contributed by atoms with Gasteiger partial charge in [-0.05, 0) is 31.9 Å². The van der Waals surface area contributed by atoms with Crippen LogP contribution < -0.4 is 10.1 Å². The van der Waals surface area contributed by atoms with Crippen LogP contribution in [0, 0.1) is 0 Å². The van der Waals surface area contributed by atoms with Crippen LogP contribution in [0.1, 0.15) is 39.2 Å². The summed E-state index contributed by atoms with van der Waals surface area (Å²) < 4.78 is 5.64. The number of carbonyl (C=O) groups excluding carboxylic acids is 1. The van der Waals surface area contributed by atoms with Gasteiger partial charge in [-0.15, -0.1) is 0 Å². The third-order valence-corrected chi connectivity index (χ3v) is 2.80. The fraction of sp³-hybridized carbons (Fsp3) is 0.438. The van der Waals surface area contributed by atoms with Gasteiger partial charge in [0.15, 0.2) is 0 Å². The van der Waals surface area contributed by atoms with Crippen LogP contribution in [0.3, 0.4) is 0 Å². The molecule has 3 heteroatoms. The zero-order valence-corrected chi connectivity index (χ0v) is 12.0. The molecule has 19 heavy (non-hydrogen) atoms. The van der Waals surface area contributed by atoms with Crippen LogP contribution in [0.15, 0.2) is 30.3 Å². The molecule has 104 valence electrons. The van der Waals surface area contributed by atoms with Gasteiger partial charge in [0.05, 0.1) is 6.61 Å². The van der Waals surface area contributed by atoms with Gasteiger partial charge >= 0.3 is 0 Å². The van der Waals surface area contributed by atoms with Crippen molar-refractivity contribution in [3.8, 4) is 5.75 Å². The number of para-hydroxylation sites is 1. The third-order valence-electron chi connectivity index (χ3n) is 2.80. The Kier molecular flexibility index (Phi) is 6.72. The Morgan fingerprint density at radius 1 is 1.37 bits per heavy atom. The second-order valence-corrected chi connectivity index (χ2v) is 4.54. The minimum Gasteiger partial charge on any atom is -0.493 e. The summed E-state index contributed by atoms with van der Waals surface area (Å²) in [7, 11) is 0. The molecule has 0 heterocycles. The number of ether oxygens (including phenoxy) is 1. The molecule has 0 saturated heterocycles. The molecule has 0 bridgehead atoms. The molecule has 1 rings (SSSR count). The molecule has 0 fully saturated rings. The van der Waals surface area contributed by atoms with Gasteiger partial charge in [0, 0.05) is 17.7 Å². The molecule has 0 radical (unpaired) electrons. The van der Waals surface area contributed by atoms with E-state index in [0.29, 0.717) is 6.61 Å². The van der Waals surface area contributed by atoms with Crippen LogP contribution in [0.5, 0.6) is 5.75 Å². The van der Waals surface area contributed by atoms with E-state index in [0.717, 1.165) is 24.2 Å². The molecular formula is C16H23NO2. The summed E-state index contributed by atoms with van der Waals surface area (Å²) in [5.41, 5.74) is 0.926. The molecule has 0 saturated carbocycles. The molecule has 1 aromatic carbocycles. The summed E-state index contributed by atoms with van der Waals surface area (Å²) in [6.07, 6.45) is 5.24. The lowest BCUT2D eigenvalue weighted by Gasteiger charge is -2.09. The van der Waals surface area contributed by atoms with Crippen LogP contribution in [0.4, 0.5) is 0 Å². The van der Waals surface area contributed by atoms with E-state index in [-0.39, 0.29) is 11.9 Å². The van der Waals surface area contributed by atoms with Crippen LogP contribution in [-0.4, -0.2) is 18.6 Å². The maximum Gasteiger partial charge on any atom is 0.244 e. The summed E-state index contributed by atoms with van der Waals surface area (Å²) in [6.45, 7) is 6.79. The summed E-state index contributed by atoms with van der Waals surface area (Å²) >= 11 is 0. The molecular weight excluding hydrogens is 238 g/mol. The summed E-state index contributed by atoms with van der Waals surface area (Å²) in [5, 5.41) is 2.90. The summed E-state index contributed by atoms with van der Waals surface area (Å²) in [6, 6.07) is 7.93. The number of carbonyl (C=O) groups is 1. The Hall–Kier alpha value is -1.77. The molecule has 1 aromatic rings. The van der Waals surface area contributed by atoms with Crippen LogP contribution in [0.25, 0.3) is 6.08 Å². The van der Waals surface area contributed by atoms with E-state index >= 15 is 0 Å². The molecule has 0 aliphatic rings. The highest BCUT2D eigenvalue weighted by Gasteiger charge is 2.03. The lowest BCUT2D eigenvalue weighted by molar-refractivity contribution is -0.117. The highest BCUT2D eigenvalue weighted by Crippen LogP contribution is 2.19. The zero-order valence-electron chi connectivity index (χ0n) is 12.0. The zero-order chi connectivity index (χ0) is 14.1. The predicted octanol–water partition coefficient (Wildman–Crippen LogP) is 3.40. The first-order valence-electron chi connectivity index (χ1n) is 6.87. The fourth-order valence-corrected chi connectivity index (χ4v) is 1.52. The Morgan fingerprint density at radius 2 is 2.11 bits per heavy atom. The van der Waals surface area contributed by atoms with Crippen molar-refractivity contribution in [2.75, 3.05) is 6.61 Å². The molecule has 0 spiro atoms. The first kappa shape index (κ1) is 15.3. The molecule has 1 atom stereocenters. The molecule has 1 N–H and O–H groups in total. The van der Waals surface area contributed by atoms with Gasteiger partial charge < -0.3 is 10.1 Å². The Bertz CT molecular complexity index is 427. The topological polar surface area (TPSA) is 38.3 Å². The van der Waals surface area contributed by atoms with Crippen molar-refractivity contribution in [1.29, 1.82) is 0 Å². The standard InChI is InChI=1S/C16H23NO2/c1-4-12-19-15-9-7-6-8-14(15)10-11-16(18)17-13(3)5-2/h6-11,13H,4-5,12H2,1-3H3,(H,17,18)/b11-10+. The predicted molar refractivity (Wildman–Crippen MR) is 79.2 cm³/mol. The first-order chi connectivity index (χ1) is 9.17. The highest BCUT2D eigenvalue weighted by molar-refractivity contribution is 5.92. The highest BCUT2D eigenvalue weighted by atomic mass is 16.5. The second kappa shape index (κ2) is 8.35. The van der Waals surface area contributed by atoms with Crippen LogP contribution in [0.2, 0.25) is 0 Å². The lowest BCUT2D eigenvalue weighted by atomic mass is 10.2. The van der Waals surface area contributed by atoms with Gasteiger partial charge in [-0.1, -0.05) is 32.0 Å². The van der Waals surface area contributed by atoms with Crippen molar-refractivity contribution in [2.45, 2.75) is 39.7 Å². The number of amides is 1. The van der Waals surface area contributed by atoms with Crippen LogP contribution >= 0.6 is 0 Å². The fourth-order valence-electron chi connectivity index (χ4n) is 1.52. The summed E-state index contributed by atoms with van der Waals surface area (Å²) in [5.74, 6) is 0.747. The first-order valence-corrected chi connectivity index (χ1v) is 6.87. The van der Waals surface area contributed by atoms with Crippen molar-refractivity contribution in [2.24, 2.45) is 0 Å². The van der Waals surface area contributed by atoms with Gasteiger partial charge in [-0.3, -0.25) is 4.79 Å². The number of nitrogens with one attached hydrogen (secondary N) is 1. The quantitative estimate of drug-likeness (QED) is 0.764. The van der Waals surface area contributed by atoms with E-state index in [4.69, 9.17) is 4.74 Å². The molecule has 1 unspecified atom stereocenters. The van der Waals surface area contributed by atoms with Gasteiger partial charge in [-0.25, -0.2) is 0 Å². The Labute approximate surface area is 115 Å². The molecule has 0 aromatic heterocycles. The Balaban J connectivity index is 2.67. The van der Waals surface area contributed by atoms with E-state index < -0.39 is 0 Å². The van der Waals surface area contributed by atoms with E-state index in [9.17, 15) is 4.79 Å². The smallest absolute Gasteiger partial charge is 0.244 e. The van der Waals surface area contributed by atoms with Gasteiger partial charge in [0.25, 0.3) is 0 Å². The van der Waals surface area contributed by atoms with Crippen molar-refractivity contribution in [1.82, 2.24) is 5.32 Å². The van der Waals surface area contributed by atoms with E-state index in [1.54, 1.807) is 12.2 Å². The summed E-state index contributed by atoms with van der Waals surface area (Å²) in [4.78, 5) is 11.7. The maximum atomic E-state index is 11.7. The normalized spacial score (nSPS) is 12.4. The van der Waals surface area contributed by atoms with Crippen molar-refractivity contribution in [3.63, 3.8) is 0 Å². The molecule has 1 amide bonds. The van der Waals surface area contributed by atoms with Crippen molar-refractivity contribution < 1.29 is 9.53 Å². The van der Waals surface area contributed by atoms with Gasteiger partial charge in [0.2, 0.25) is 5.91 Å². The average molecular weight is 261 g/mol. The number of hydrogen-bond donors (Lipinski definition) is 1. The number of rotatable bonds is 7. The van der Waals surface area contributed by atoms with E-state index in [1.165, 1.54) is 0 Å². The maximum absolute atomic E-state index is 11.7. The van der Waals surface area contributed by atoms with Crippen molar-refractivity contribution >= 4 is 12.0 Å². The molecule has 0 aliphatic carbocycles. The van der Waals surface area contributed by atoms with E-state index in [1.807, 2.05) is 38.1 Å². The molecule has 3 nitrogen and oxygen atoms in total. The lowest BCUT2D eigenvalue weighted by Crippen LogP contribution is -2.30.